The Morgan fingerprint density at radius 3 is 2.25 bits per heavy atom. The molecule has 0 bridgehead atoms. The van der Waals surface area contributed by atoms with Gasteiger partial charge in [-0.2, -0.15) is 0 Å². The fraction of sp³-hybridized carbons (Fsp3) is 0.0909. The molecule has 3 nitrogen and oxygen atoms in total. The number of rotatable bonds is 3. The number of nitrogens with one attached hydrogen (secondary N) is 1. The zero-order valence-electron chi connectivity index (χ0n) is 8.32. The van der Waals surface area contributed by atoms with Crippen LogP contribution < -0.4 is 5.32 Å². The number of anilines is 1. The molecular formula is C11H9I2N3. The van der Waals surface area contributed by atoms with E-state index in [0.717, 1.165) is 19.6 Å². The van der Waals surface area contributed by atoms with Crippen LogP contribution in [0.4, 0.5) is 5.69 Å². The van der Waals surface area contributed by atoms with Gasteiger partial charge in [-0.15, -0.1) is 0 Å². The van der Waals surface area contributed by atoms with Crippen LogP contribution in [0, 0.1) is 7.40 Å². The quantitative estimate of drug-likeness (QED) is 0.592. The lowest BCUT2D eigenvalue weighted by atomic mass is 10.2. The summed E-state index contributed by atoms with van der Waals surface area (Å²) in [6, 6.07) is 10.3. The standard InChI is InChI=1S/C11H9I2N3/c12-10-9(11(13)16-7-15-10)14-6-8-4-2-1-3-5-8/h1-5,7,14H,6H2. The second-order valence-electron chi connectivity index (χ2n) is 3.17. The second kappa shape index (κ2) is 5.76. The highest BCUT2D eigenvalue weighted by Gasteiger charge is 2.05. The van der Waals surface area contributed by atoms with Gasteiger partial charge < -0.3 is 5.32 Å². The van der Waals surface area contributed by atoms with Crippen LogP contribution in [0.3, 0.4) is 0 Å². The number of halogens is 2. The predicted molar refractivity (Wildman–Crippen MR) is 81.2 cm³/mol. The van der Waals surface area contributed by atoms with Gasteiger partial charge in [0.15, 0.2) is 0 Å². The molecule has 0 aliphatic rings. The van der Waals surface area contributed by atoms with Gasteiger partial charge in [0.2, 0.25) is 0 Å². The Bertz CT molecular complexity index is 454. The molecule has 0 fully saturated rings. The Morgan fingerprint density at radius 1 is 1.00 bits per heavy atom. The summed E-state index contributed by atoms with van der Waals surface area (Å²) in [7, 11) is 0. The van der Waals surface area contributed by atoms with E-state index in [9.17, 15) is 0 Å². The average molecular weight is 437 g/mol. The molecule has 2 rings (SSSR count). The summed E-state index contributed by atoms with van der Waals surface area (Å²) in [6.45, 7) is 0.792. The first-order valence-corrected chi connectivity index (χ1v) is 6.87. The van der Waals surface area contributed by atoms with Gasteiger partial charge >= 0.3 is 0 Å². The van der Waals surface area contributed by atoms with Crippen molar-refractivity contribution in [2.45, 2.75) is 6.54 Å². The maximum Gasteiger partial charge on any atom is 0.128 e. The molecule has 0 saturated heterocycles. The Hall–Kier alpha value is -0.440. The second-order valence-corrected chi connectivity index (χ2v) is 5.21. The van der Waals surface area contributed by atoms with E-state index < -0.39 is 0 Å². The van der Waals surface area contributed by atoms with Crippen molar-refractivity contribution >= 4 is 50.9 Å². The molecule has 1 N–H and O–H groups in total. The first-order chi connectivity index (χ1) is 7.77. The van der Waals surface area contributed by atoms with Crippen LogP contribution >= 0.6 is 45.2 Å². The molecule has 2 aromatic rings. The van der Waals surface area contributed by atoms with Crippen LogP contribution in [0.2, 0.25) is 0 Å². The summed E-state index contributed by atoms with van der Waals surface area (Å²) in [6.07, 6.45) is 1.58. The third-order valence-corrected chi connectivity index (χ3v) is 3.70. The molecule has 0 amide bonds. The zero-order valence-corrected chi connectivity index (χ0v) is 12.6. The molecule has 0 radical (unpaired) electrons. The molecule has 16 heavy (non-hydrogen) atoms. The Labute approximate surface area is 121 Å². The van der Waals surface area contributed by atoms with Crippen molar-refractivity contribution in [3.63, 3.8) is 0 Å². The highest BCUT2D eigenvalue weighted by molar-refractivity contribution is 14.1. The minimum absolute atomic E-state index is 0.792. The lowest BCUT2D eigenvalue weighted by Gasteiger charge is -2.08. The number of hydrogen-bond donors (Lipinski definition) is 1. The molecule has 0 aliphatic carbocycles. The molecule has 1 heterocycles. The molecule has 0 aliphatic heterocycles. The van der Waals surface area contributed by atoms with Crippen LogP contribution in [0.15, 0.2) is 36.7 Å². The first kappa shape index (κ1) is 12.0. The molecular weight excluding hydrogens is 428 g/mol. The van der Waals surface area contributed by atoms with Gasteiger partial charge in [0.25, 0.3) is 0 Å². The summed E-state index contributed by atoms with van der Waals surface area (Å²) >= 11 is 4.42. The fourth-order valence-corrected chi connectivity index (χ4v) is 2.93. The Morgan fingerprint density at radius 2 is 1.62 bits per heavy atom. The van der Waals surface area contributed by atoms with Crippen molar-refractivity contribution in [3.8, 4) is 0 Å². The summed E-state index contributed by atoms with van der Waals surface area (Å²) in [5.74, 6) is 0. The first-order valence-electron chi connectivity index (χ1n) is 4.71. The predicted octanol–water partition coefficient (Wildman–Crippen LogP) is 3.30. The topological polar surface area (TPSA) is 37.8 Å². The van der Waals surface area contributed by atoms with Crippen molar-refractivity contribution in [1.82, 2.24) is 9.97 Å². The minimum Gasteiger partial charge on any atom is -0.377 e. The summed E-state index contributed by atoms with van der Waals surface area (Å²) in [5.41, 5.74) is 2.26. The molecule has 0 spiro atoms. The van der Waals surface area contributed by atoms with Gasteiger partial charge in [-0.1, -0.05) is 30.3 Å². The molecule has 82 valence electrons. The molecule has 5 heteroatoms. The van der Waals surface area contributed by atoms with E-state index in [-0.39, 0.29) is 0 Å². The van der Waals surface area contributed by atoms with Gasteiger partial charge in [0.05, 0.1) is 5.69 Å². The smallest absolute Gasteiger partial charge is 0.128 e. The van der Waals surface area contributed by atoms with E-state index in [0.29, 0.717) is 0 Å². The normalized spacial score (nSPS) is 10.1. The maximum atomic E-state index is 4.16. The van der Waals surface area contributed by atoms with Crippen LogP contribution in [-0.4, -0.2) is 9.97 Å². The number of hydrogen-bond acceptors (Lipinski definition) is 3. The van der Waals surface area contributed by atoms with Gasteiger partial charge in [0.1, 0.15) is 13.7 Å². The highest BCUT2D eigenvalue weighted by atomic mass is 127. The highest BCUT2D eigenvalue weighted by Crippen LogP contribution is 2.20. The van der Waals surface area contributed by atoms with Gasteiger partial charge in [-0.3, -0.25) is 0 Å². The zero-order chi connectivity index (χ0) is 11.4. The lowest BCUT2D eigenvalue weighted by Crippen LogP contribution is -2.05. The molecule has 0 saturated carbocycles. The van der Waals surface area contributed by atoms with Crippen LogP contribution in [-0.2, 0) is 6.54 Å². The van der Waals surface area contributed by atoms with Crippen LogP contribution in [0.25, 0.3) is 0 Å². The van der Waals surface area contributed by atoms with Gasteiger partial charge in [0, 0.05) is 6.54 Å². The summed E-state index contributed by atoms with van der Waals surface area (Å²) in [5, 5.41) is 3.36. The van der Waals surface area contributed by atoms with E-state index in [1.54, 1.807) is 6.33 Å². The van der Waals surface area contributed by atoms with Crippen molar-refractivity contribution in [2.24, 2.45) is 0 Å². The molecule has 1 aromatic carbocycles. The number of aromatic nitrogens is 2. The van der Waals surface area contributed by atoms with Crippen LogP contribution in [0.1, 0.15) is 5.56 Å². The van der Waals surface area contributed by atoms with Gasteiger partial charge in [-0.05, 0) is 50.7 Å². The minimum atomic E-state index is 0.792. The van der Waals surface area contributed by atoms with Crippen molar-refractivity contribution < 1.29 is 0 Å². The third-order valence-electron chi connectivity index (χ3n) is 2.07. The Kier molecular flexibility index (Phi) is 4.33. The molecule has 0 unspecified atom stereocenters. The third kappa shape index (κ3) is 3.03. The number of benzene rings is 1. The van der Waals surface area contributed by atoms with Crippen LogP contribution in [0.5, 0.6) is 0 Å². The molecule has 0 atom stereocenters. The summed E-state index contributed by atoms with van der Waals surface area (Å²) in [4.78, 5) is 8.32. The number of nitrogens with zero attached hydrogens (tertiary/aromatic N) is 2. The largest absolute Gasteiger partial charge is 0.377 e. The maximum absolute atomic E-state index is 4.16. The average Bonchev–Trinajstić information content (AvgIpc) is 2.30. The lowest BCUT2D eigenvalue weighted by molar-refractivity contribution is 1.06. The fourth-order valence-electron chi connectivity index (χ4n) is 1.28. The monoisotopic (exact) mass is 437 g/mol. The van der Waals surface area contributed by atoms with E-state index in [2.05, 4.69) is 72.6 Å². The van der Waals surface area contributed by atoms with E-state index in [1.165, 1.54) is 5.56 Å². The van der Waals surface area contributed by atoms with Crippen molar-refractivity contribution in [2.75, 3.05) is 5.32 Å². The van der Waals surface area contributed by atoms with E-state index >= 15 is 0 Å². The Balaban J connectivity index is 2.11. The summed E-state index contributed by atoms with van der Waals surface area (Å²) < 4.78 is 1.90. The van der Waals surface area contributed by atoms with E-state index in [4.69, 9.17) is 0 Å². The molecule has 1 aromatic heterocycles. The SMILES string of the molecule is Ic1ncnc(I)c1NCc1ccccc1. The van der Waals surface area contributed by atoms with E-state index in [1.807, 2.05) is 18.2 Å². The van der Waals surface area contributed by atoms with Crippen molar-refractivity contribution in [3.05, 3.63) is 49.6 Å². The van der Waals surface area contributed by atoms with Crippen molar-refractivity contribution in [1.29, 1.82) is 0 Å². The van der Waals surface area contributed by atoms with Gasteiger partial charge in [-0.25, -0.2) is 9.97 Å².